The first kappa shape index (κ1) is 80.8. The van der Waals surface area contributed by atoms with Crippen molar-refractivity contribution in [2.24, 2.45) is 0 Å². The molecule has 2 rings (SSSR count). The van der Waals surface area contributed by atoms with Crippen LogP contribution in [0.25, 0.3) is 0 Å². The fraction of sp³-hybridized carbons (Fsp3) is 0.849. The van der Waals surface area contributed by atoms with Crippen molar-refractivity contribution >= 4 is 5.91 Å². The summed E-state index contributed by atoms with van der Waals surface area (Å²) in [5, 5.41) is 87.5. The Bertz CT molecular complexity index is 1690. The Balaban J connectivity index is 1.68. The number of unbranched alkanes of at least 4 members (excludes halogenated alkanes) is 38. The molecular weight excluding hydrogens is 1100 g/mol. The Morgan fingerprint density at radius 2 is 0.793 bits per heavy atom. The van der Waals surface area contributed by atoms with Crippen LogP contribution in [-0.4, -0.2) is 140 Å². The van der Waals surface area contributed by atoms with E-state index in [-0.39, 0.29) is 18.9 Å². The predicted octanol–water partition coefficient (Wildman–Crippen LogP) is 14.8. The highest BCUT2D eigenvalue weighted by molar-refractivity contribution is 5.76. The van der Waals surface area contributed by atoms with Crippen molar-refractivity contribution in [1.29, 1.82) is 0 Å². The lowest BCUT2D eigenvalue weighted by molar-refractivity contribution is -0.359. The number of hydrogen-bond acceptors (Lipinski definition) is 13. The third-order valence-electron chi connectivity index (χ3n) is 17.5. The van der Waals surface area contributed by atoms with E-state index in [1.165, 1.54) is 205 Å². The molecule has 12 atom stereocenters. The van der Waals surface area contributed by atoms with Crippen molar-refractivity contribution in [2.45, 2.75) is 376 Å². The smallest absolute Gasteiger partial charge is 0.220 e. The van der Waals surface area contributed by atoms with Crippen LogP contribution in [0.15, 0.2) is 60.8 Å². The normalized spacial score (nSPS) is 23.6. The Morgan fingerprint density at radius 1 is 0.425 bits per heavy atom. The lowest BCUT2D eigenvalue weighted by Crippen LogP contribution is -2.65. The van der Waals surface area contributed by atoms with E-state index in [1.807, 2.05) is 6.08 Å². The highest BCUT2D eigenvalue weighted by atomic mass is 16.7. The van der Waals surface area contributed by atoms with Crippen LogP contribution in [0.5, 0.6) is 0 Å². The highest BCUT2D eigenvalue weighted by Crippen LogP contribution is 2.30. The standard InChI is InChI=1S/C73H133NO13/c1-3-5-7-9-11-13-15-17-19-21-23-25-27-29-30-31-33-34-36-38-40-42-44-46-48-50-52-54-56-62(77)61(60-84-72-70(83)68(81)71(64(59-76)86-72)87-73-69(82)67(80)66(79)63(58-75)85-73)74-65(78)57-55-53-51-49-47-45-43-41-39-37-35-32-28-26-24-22-20-18-16-14-12-10-8-6-4-2/h6,8,12,14,18,20,24,26,54,56,61-64,66-73,75-77,79-83H,3-5,7,9-11,13,15-17,19,21-23,25,27-53,55,57-60H2,1-2H3,(H,74,78)/b8-6-,14-12-,20-18-,26-24-,56-54+. The zero-order valence-electron chi connectivity index (χ0n) is 55.3. The van der Waals surface area contributed by atoms with Crippen LogP contribution >= 0.6 is 0 Å². The van der Waals surface area contributed by atoms with Gasteiger partial charge in [-0.2, -0.15) is 0 Å². The van der Waals surface area contributed by atoms with Gasteiger partial charge < -0.3 is 65.1 Å². The van der Waals surface area contributed by atoms with Crippen molar-refractivity contribution in [3.8, 4) is 0 Å². The third kappa shape index (κ3) is 41.7. The second kappa shape index (κ2) is 57.6. The Kier molecular flexibility index (Phi) is 53.5. The lowest BCUT2D eigenvalue weighted by Gasteiger charge is -2.46. The molecule has 14 nitrogen and oxygen atoms in total. The monoisotopic (exact) mass is 1230 g/mol. The van der Waals surface area contributed by atoms with E-state index in [2.05, 4.69) is 67.8 Å². The van der Waals surface area contributed by atoms with Gasteiger partial charge in [-0.1, -0.05) is 299 Å². The number of ether oxygens (including phenoxy) is 4. The lowest BCUT2D eigenvalue weighted by atomic mass is 9.97. The number of aliphatic hydroxyl groups is 8. The van der Waals surface area contributed by atoms with Gasteiger partial charge in [0.1, 0.15) is 48.8 Å². The van der Waals surface area contributed by atoms with Gasteiger partial charge in [0.2, 0.25) is 5.91 Å². The minimum atomic E-state index is -1.79. The minimum Gasteiger partial charge on any atom is -0.394 e. The summed E-state index contributed by atoms with van der Waals surface area (Å²) >= 11 is 0. The third-order valence-corrected chi connectivity index (χ3v) is 17.5. The molecule has 0 spiro atoms. The number of aliphatic hydroxyl groups excluding tert-OH is 8. The van der Waals surface area contributed by atoms with Crippen molar-refractivity contribution in [3.63, 3.8) is 0 Å². The minimum absolute atomic E-state index is 0.240. The summed E-state index contributed by atoms with van der Waals surface area (Å²) < 4.78 is 22.9. The van der Waals surface area contributed by atoms with E-state index in [1.54, 1.807) is 6.08 Å². The fourth-order valence-corrected chi connectivity index (χ4v) is 11.8. The highest BCUT2D eigenvalue weighted by Gasteiger charge is 2.51. The molecule has 0 aliphatic carbocycles. The first-order valence-electron chi connectivity index (χ1n) is 36.0. The molecule has 1 amide bonds. The van der Waals surface area contributed by atoms with E-state index in [0.717, 1.165) is 70.6 Å². The summed E-state index contributed by atoms with van der Waals surface area (Å²) in [6.07, 6.45) is 59.9. The number of rotatable bonds is 59. The Hall–Kier alpha value is -2.31. The number of carbonyl (C=O) groups excluding carboxylic acids is 1. The van der Waals surface area contributed by atoms with Crippen LogP contribution in [0, 0.1) is 0 Å². The van der Waals surface area contributed by atoms with Gasteiger partial charge in [-0.15, -0.1) is 0 Å². The second-order valence-electron chi connectivity index (χ2n) is 25.3. The van der Waals surface area contributed by atoms with E-state index in [9.17, 15) is 45.6 Å². The number of nitrogens with one attached hydrogen (secondary N) is 1. The molecule has 508 valence electrons. The maximum atomic E-state index is 13.3. The number of hydrogen-bond donors (Lipinski definition) is 9. The molecule has 0 saturated carbocycles. The average Bonchev–Trinajstić information content (AvgIpc) is 2.50. The summed E-state index contributed by atoms with van der Waals surface area (Å²) in [7, 11) is 0. The van der Waals surface area contributed by atoms with Gasteiger partial charge in [-0.05, 0) is 57.8 Å². The van der Waals surface area contributed by atoms with Crippen LogP contribution in [0.4, 0.5) is 0 Å². The first-order chi connectivity index (χ1) is 42.6. The molecule has 87 heavy (non-hydrogen) atoms. The molecule has 2 saturated heterocycles. The zero-order valence-corrected chi connectivity index (χ0v) is 55.3. The van der Waals surface area contributed by atoms with Crippen LogP contribution in [0.1, 0.15) is 303 Å². The van der Waals surface area contributed by atoms with Gasteiger partial charge in [-0.3, -0.25) is 4.79 Å². The average molecular weight is 1230 g/mol. The van der Waals surface area contributed by atoms with Gasteiger partial charge in [0.25, 0.3) is 0 Å². The maximum absolute atomic E-state index is 13.3. The van der Waals surface area contributed by atoms with E-state index < -0.39 is 86.8 Å². The largest absolute Gasteiger partial charge is 0.394 e. The summed E-state index contributed by atoms with van der Waals surface area (Å²) in [5.74, 6) is -0.240. The van der Waals surface area contributed by atoms with E-state index in [4.69, 9.17) is 18.9 Å². The topological polar surface area (TPSA) is 228 Å². The van der Waals surface area contributed by atoms with E-state index >= 15 is 0 Å². The molecule has 0 aromatic heterocycles. The molecule has 2 aliphatic heterocycles. The first-order valence-corrected chi connectivity index (χ1v) is 36.0. The van der Waals surface area contributed by atoms with Crippen LogP contribution in [0.3, 0.4) is 0 Å². The van der Waals surface area contributed by atoms with Crippen LogP contribution in [-0.2, 0) is 23.7 Å². The molecule has 0 radical (unpaired) electrons. The maximum Gasteiger partial charge on any atom is 0.220 e. The summed E-state index contributed by atoms with van der Waals surface area (Å²) in [4.78, 5) is 13.3. The molecule has 2 aliphatic rings. The van der Waals surface area contributed by atoms with Crippen molar-refractivity contribution in [3.05, 3.63) is 60.8 Å². The Morgan fingerprint density at radius 3 is 1.22 bits per heavy atom. The fourth-order valence-electron chi connectivity index (χ4n) is 11.8. The number of carbonyl (C=O) groups is 1. The molecule has 12 unspecified atom stereocenters. The quantitative estimate of drug-likeness (QED) is 0.0204. The second-order valence-corrected chi connectivity index (χ2v) is 25.3. The van der Waals surface area contributed by atoms with Gasteiger partial charge in [0.05, 0.1) is 32.0 Å². The summed E-state index contributed by atoms with van der Waals surface area (Å²) in [5.41, 5.74) is 0. The van der Waals surface area contributed by atoms with Gasteiger partial charge in [0, 0.05) is 6.42 Å². The number of amides is 1. The molecule has 0 aromatic carbocycles. The molecule has 0 bridgehead atoms. The molecular formula is C73H133NO13. The van der Waals surface area contributed by atoms with Gasteiger partial charge in [0.15, 0.2) is 12.6 Å². The summed E-state index contributed by atoms with van der Waals surface area (Å²) in [6, 6.07) is -0.920. The van der Waals surface area contributed by atoms with Crippen molar-refractivity contribution in [2.75, 3.05) is 19.8 Å². The molecule has 2 fully saturated rings. The molecule has 0 aromatic rings. The molecule has 9 N–H and O–H groups in total. The predicted molar refractivity (Wildman–Crippen MR) is 355 cm³/mol. The van der Waals surface area contributed by atoms with Gasteiger partial charge >= 0.3 is 0 Å². The van der Waals surface area contributed by atoms with Crippen molar-refractivity contribution < 1.29 is 64.6 Å². The van der Waals surface area contributed by atoms with Crippen LogP contribution < -0.4 is 5.32 Å². The molecule has 14 heteroatoms. The molecule has 2 heterocycles. The van der Waals surface area contributed by atoms with Crippen molar-refractivity contribution in [1.82, 2.24) is 5.32 Å². The zero-order chi connectivity index (χ0) is 63.1. The number of allylic oxidation sites excluding steroid dienone is 9. The summed E-state index contributed by atoms with van der Waals surface area (Å²) in [6.45, 7) is 2.73. The Labute approximate surface area is 530 Å². The van der Waals surface area contributed by atoms with E-state index in [0.29, 0.717) is 6.42 Å². The van der Waals surface area contributed by atoms with Gasteiger partial charge in [-0.25, -0.2) is 0 Å². The van der Waals surface area contributed by atoms with Crippen LogP contribution in [0.2, 0.25) is 0 Å². The SMILES string of the molecule is CC/C=C\C/C=C\C/C=C\C/C=C\CCCCCCCCCCCCCCC(=O)NC(COC1OC(CO)C(OC2OC(CO)C(O)C(O)C2O)C(O)C1O)C(O)/C=C/CCCCCCCCCCCCCCCCCCCCCCCCCCCC.